The molecule has 0 saturated heterocycles. The van der Waals surface area contributed by atoms with Gasteiger partial charge in [0.05, 0.1) is 5.52 Å². The molecule has 1 heterocycles. The number of halogens is 1. The Balaban J connectivity index is 2.46. The van der Waals surface area contributed by atoms with Crippen molar-refractivity contribution in [2.45, 2.75) is 6.54 Å². The number of carbonyl (C=O) groups is 1. The van der Waals surface area contributed by atoms with E-state index in [-0.39, 0.29) is 6.54 Å². The molecule has 0 aliphatic carbocycles. The van der Waals surface area contributed by atoms with Crippen molar-refractivity contribution in [2.75, 3.05) is 0 Å². The fourth-order valence-corrected chi connectivity index (χ4v) is 1.45. The van der Waals surface area contributed by atoms with E-state index >= 15 is 0 Å². The first kappa shape index (κ1) is 9.02. The number of fused-ring (bicyclic) bond motifs is 1. The van der Waals surface area contributed by atoms with Crippen molar-refractivity contribution in [3.05, 3.63) is 29.4 Å². The number of rotatable bonds is 2. The number of benzene rings is 1. The molecule has 14 heavy (non-hydrogen) atoms. The minimum Gasteiger partial charge on any atom is -0.480 e. The van der Waals surface area contributed by atoms with Gasteiger partial charge in [-0.15, -0.1) is 0 Å². The molecule has 0 unspecified atom stereocenters. The molecule has 0 amide bonds. The minimum atomic E-state index is -0.913. The second-order valence-electron chi connectivity index (χ2n) is 2.92. The van der Waals surface area contributed by atoms with Crippen LogP contribution < -0.4 is 0 Å². The second kappa shape index (κ2) is 3.31. The molecule has 1 aromatic heterocycles. The molecular formula is C9H7ClN2O2. The number of hydrogen-bond acceptors (Lipinski definition) is 2. The molecule has 0 radical (unpaired) electrons. The summed E-state index contributed by atoms with van der Waals surface area (Å²) in [6.07, 6.45) is 1.66. The third-order valence-electron chi connectivity index (χ3n) is 1.81. The molecule has 4 nitrogen and oxygen atoms in total. The molecule has 0 aliphatic heterocycles. The Hall–Kier alpha value is -1.55. The first-order valence-electron chi connectivity index (χ1n) is 4.00. The van der Waals surface area contributed by atoms with E-state index in [9.17, 15) is 4.79 Å². The lowest BCUT2D eigenvalue weighted by atomic mass is 10.3. The predicted molar refractivity (Wildman–Crippen MR) is 52.4 cm³/mol. The van der Waals surface area contributed by atoms with Gasteiger partial charge in [-0.3, -0.25) is 9.48 Å². The zero-order valence-electron chi connectivity index (χ0n) is 7.14. The maximum atomic E-state index is 10.4. The fraction of sp³-hybridized carbons (Fsp3) is 0.111. The Kier molecular flexibility index (Phi) is 2.13. The molecule has 2 rings (SSSR count). The van der Waals surface area contributed by atoms with E-state index in [4.69, 9.17) is 16.7 Å². The molecular weight excluding hydrogens is 204 g/mol. The van der Waals surface area contributed by atoms with Crippen molar-refractivity contribution in [1.29, 1.82) is 0 Å². The SMILES string of the molecule is O=C(O)Cn1cc2cc(Cl)ccc2n1. The first-order valence-corrected chi connectivity index (χ1v) is 4.37. The molecule has 0 fully saturated rings. The van der Waals surface area contributed by atoms with Gasteiger partial charge in [-0.2, -0.15) is 5.10 Å². The largest absolute Gasteiger partial charge is 0.480 e. The van der Waals surface area contributed by atoms with Gasteiger partial charge in [-0.25, -0.2) is 0 Å². The average molecular weight is 211 g/mol. The van der Waals surface area contributed by atoms with Crippen LogP contribution in [0.5, 0.6) is 0 Å². The molecule has 0 bridgehead atoms. The summed E-state index contributed by atoms with van der Waals surface area (Å²) in [7, 11) is 0. The normalized spacial score (nSPS) is 10.6. The van der Waals surface area contributed by atoms with E-state index in [0.29, 0.717) is 5.02 Å². The summed E-state index contributed by atoms with van der Waals surface area (Å²) in [4.78, 5) is 10.4. The van der Waals surface area contributed by atoms with Crippen LogP contribution in [0.4, 0.5) is 0 Å². The van der Waals surface area contributed by atoms with Gasteiger partial charge >= 0.3 is 5.97 Å². The van der Waals surface area contributed by atoms with Gasteiger partial charge in [0.2, 0.25) is 0 Å². The molecule has 1 N–H and O–H groups in total. The molecule has 5 heteroatoms. The number of carboxylic acids is 1. The van der Waals surface area contributed by atoms with Gasteiger partial charge in [0.15, 0.2) is 0 Å². The lowest BCUT2D eigenvalue weighted by Gasteiger charge is -1.91. The van der Waals surface area contributed by atoms with Crippen LogP contribution >= 0.6 is 11.6 Å². The number of nitrogens with zero attached hydrogens (tertiary/aromatic N) is 2. The Morgan fingerprint density at radius 1 is 1.57 bits per heavy atom. The molecule has 1 aromatic carbocycles. The van der Waals surface area contributed by atoms with E-state index in [1.807, 2.05) is 0 Å². The van der Waals surface area contributed by atoms with Crippen molar-refractivity contribution in [2.24, 2.45) is 0 Å². The summed E-state index contributed by atoms with van der Waals surface area (Å²) < 4.78 is 1.38. The summed E-state index contributed by atoms with van der Waals surface area (Å²) in [5.41, 5.74) is 0.746. The summed E-state index contributed by atoms with van der Waals surface area (Å²) >= 11 is 5.78. The Labute approximate surface area is 84.7 Å². The van der Waals surface area contributed by atoms with Gasteiger partial charge in [-0.1, -0.05) is 11.6 Å². The fourth-order valence-electron chi connectivity index (χ4n) is 1.27. The smallest absolute Gasteiger partial charge is 0.325 e. The average Bonchev–Trinajstić information content (AvgIpc) is 2.44. The lowest BCUT2D eigenvalue weighted by Crippen LogP contribution is -2.08. The second-order valence-corrected chi connectivity index (χ2v) is 3.36. The van der Waals surface area contributed by atoms with Crippen molar-refractivity contribution in [3.8, 4) is 0 Å². The number of carboxylic acid groups (broad SMARTS) is 1. The molecule has 72 valence electrons. The van der Waals surface area contributed by atoms with Crippen LogP contribution in [0, 0.1) is 0 Å². The van der Waals surface area contributed by atoms with Crippen molar-refractivity contribution < 1.29 is 9.90 Å². The zero-order chi connectivity index (χ0) is 10.1. The third-order valence-corrected chi connectivity index (χ3v) is 2.05. The Morgan fingerprint density at radius 2 is 2.36 bits per heavy atom. The summed E-state index contributed by atoms with van der Waals surface area (Å²) in [5, 5.41) is 14.1. The molecule has 2 aromatic rings. The highest BCUT2D eigenvalue weighted by atomic mass is 35.5. The van der Waals surface area contributed by atoms with Gasteiger partial charge in [0.25, 0.3) is 0 Å². The zero-order valence-corrected chi connectivity index (χ0v) is 7.90. The standard InChI is InChI=1S/C9H7ClN2O2/c10-7-1-2-8-6(3-7)4-12(11-8)5-9(13)14/h1-4H,5H2,(H,13,14). The maximum Gasteiger partial charge on any atom is 0.325 e. The van der Waals surface area contributed by atoms with Crippen LogP contribution in [-0.2, 0) is 11.3 Å². The van der Waals surface area contributed by atoms with Gasteiger partial charge in [-0.05, 0) is 18.2 Å². The topological polar surface area (TPSA) is 55.1 Å². The molecule has 0 spiro atoms. The van der Waals surface area contributed by atoms with Crippen LogP contribution in [0.2, 0.25) is 5.02 Å². The number of aliphatic carboxylic acids is 1. The minimum absolute atomic E-state index is 0.133. The highest BCUT2D eigenvalue weighted by molar-refractivity contribution is 6.31. The highest BCUT2D eigenvalue weighted by Gasteiger charge is 2.03. The van der Waals surface area contributed by atoms with Gasteiger partial charge in [0, 0.05) is 16.6 Å². The van der Waals surface area contributed by atoms with Crippen LogP contribution in [0.15, 0.2) is 24.4 Å². The number of aromatic nitrogens is 2. The molecule has 0 aliphatic rings. The van der Waals surface area contributed by atoms with Crippen molar-refractivity contribution in [3.63, 3.8) is 0 Å². The molecule has 0 atom stereocenters. The van der Waals surface area contributed by atoms with Gasteiger partial charge < -0.3 is 5.11 Å². The lowest BCUT2D eigenvalue weighted by molar-refractivity contribution is -0.137. The van der Waals surface area contributed by atoms with Gasteiger partial charge in [0.1, 0.15) is 6.54 Å². The third kappa shape index (κ3) is 1.70. The van der Waals surface area contributed by atoms with E-state index < -0.39 is 5.97 Å². The van der Waals surface area contributed by atoms with E-state index in [2.05, 4.69) is 5.10 Å². The molecule has 0 saturated carbocycles. The summed E-state index contributed by atoms with van der Waals surface area (Å²) in [6, 6.07) is 5.24. The Bertz CT molecular complexity index is 493. The van der Waals surface area contributed by atoms with Crippen LogP contribution in [0.1, 0.15) is 0 Å². The van der Waals surface area contributed by atoms with E-state index in [1.165, 1.54) is 4.68 Å². The maximum absolute atomic E-state index is 10.4. The van der Waals surface area contributed by atoms with Crippen LogP contribution in [-0.4, -0.2) is 20.9 Å². The van der Waals surface area contributed by atoms with E-state index in [0.717, 1.165) is 10.9 Å². The van der Waals surface area contributed by atoms with Crippen LogP contribution in [0.25, 0.3) is 10.9 Å². The van der Waals surface area contributed by atoms with Crippen LogP contribution in [0.3, 0.4) is 0 Å². The quantitative estimate of drug-likeness (QED) is 0.822. The predicted octanol–water partition coefficient (Wildman–Crippen LogP) is 1.77. The summed E-state index contributed by atoms with van der Waals surface area (Å²) in [6.45, 7) is -0.133. The monoisotopic (exact) mass is 210 g/mol. The van der Waals surface area contributed by atoms with Crippen molar-refractivity contribution in [1.82, 2.24) is 9.78 Å². The summed E-state index contributed by atoms with van der Waals surface area (Å²) in [5.74, 6) is -0.913. The van der Waals surface area contributed by atoms with Crippen molar-refractivity contribution >= 4 is 28.5 Å². The van der Waals surface area contributed by atoms with E-state index in [1.54, 1.807) is 24.4 Å². The first-order chi connectivity index (χ1) is 6.65. The Morgan fingerprint density at radius 3 is 3.07 bits per heavy atom. The number of hydrogen-bond donors (Lipinski definition) is 1. The highest BCUT2D eigenvalue weighted by Crippen LogP contribution is 2.17.